The van der Waals surface area contributed by atoms with E-state index in [1.807, 2.05) is 24.3 Å². The summed E-state index contributed by atoms with van der Waals surface area (Å²) in [4.78, 5) is 35.2. The molecule has 0 bridgehead atoms. The molecule has 3 aliphatic rings. The molecule has 2 saturated heterocycles. The largest absolute Gasteiger partial charge is 0.304 e. The molecule has 0 saturated carbocycles. The summed E-state index contributed by atoms with van der Waals surface area (Å²) in [6, 6.07) is 14.6. The van der Waals surface area contributed by atoms with Crippen LogP contribution >= 0.6 is 35.6 Å². The highest BCUT2D eigenvalue weighted by molar-refractivity contribution is 8.27. The smallest absolute Gasteiger partial charge is 0.271 e. The molecule has 5 rings (SSSR count). The molecule has 0 spiro atoms. The summed E-state index contributed by atoms with van der Waals surface area (Å²) in [5.41, 5.74) is 2.69. The van der Waals surface area contributed by atoms with Gasteiger partial charge in [-0.25, -0.2) is 0 Å². The van der Waals surface area contributed by atoms with Gasteiger partial charge in [-0.1, -0.05) is 53.8 Å². The quantitative estimate of drug-likeness (QED) is 0.489. The van der Waals surface area contributed by atoms with Gasteiger partial charge in [-0.2, -0.15) is 0 Å². The van der Waals surface area contributed by atoms with E-state index in [1.54, 1.807) is 29.2 Å². The van der Waals surface area contributed by atoms with Crippen LogP contribution in [0.5, 0.6) is 0 Å². The summed E-state index contributed by atoms with van der Waals surface area (Å²) in [6.45, 7) is 4.24. The standard InChI is InChI=1S/C23H21ClN4O2S2/c1-25-10-12-26(13-11-25)14-27-18-5-3-2-4-17(18)19(21(27)29)20-22(30)28(23(31)32-20)16-8-6-15(24)7-9-16/h2-9H,10-14H2,1H3. The molecule has 2 amide bonds. The molecule has 6 nitrogen and oxygen atoms in total. The Morgan fingerprint density at radius 3 is 2.38 bits per heavy atom. The van der Waals surface area contributed by atoms with Gasteiger partial charge in [0, 0.05) is 36.8 Å². The van der Waals surface area contributed by atoms with E-state index in [9.17, 15) is 9.59 Å². The van der Waals surface area contributed by atoms with Crippen LogP contribution in [0.25, 0.3) is 5.57 Å². The Kier molecular flexibility index (Phi) is 5.81. The first-order valence-corrected chi connectivity index (χ1v) is 11.9. The fraction of sp³-hybridized carbons (Fsp3) is 0.261. The number of carbonyl (C=O) groups is 2. The average molecular weight is 485 g/mol. The van der Waals surface area contributed by atoms with E-state index in [2.05, 4.69) is 16.8 Å². The van der Waals surface area contributed by atoms with Gasteiger partial charge in [0.05, 0.1) is 28.5 Å². The van der Waals surface area contributed by atoms with Gasteiger partial charge in [0.1, 0.15) is 0 Å². The first-order chi connectivity index (χ1) is 15.4. The number of para-hydroxylation sites is 1. The summed E-state index contributed by atoms with van der Waals surface area (Å²) < 4.78 is 0.405. The monoisotopic (exact) mass is 484 g/mol. The third kappa shape index (κ3) is 3.76. The fourth-order valence-electron chi connectivity index (χ4n) is 4.16. The lowest BCUT2D eigenvalue weighted by molar-refractivity contribution is -0.115. The number of nitrogens with zero attached hydrogens (tertiary/aromatic N) is 4. The summed E-state index contributed by atoms with van der Waals surface area (Å²) in [6.07, 6.45) is 0. The second-order valence-electron chi connectivity index (χ2n) is 8.00. The van der Waals surface area contributed by atoms with Crippen LogP contribution < -0.4 is 9.80 Å². The number of thiocarbonyl (C=S) groups is 1. The number of anilines is 2. The van der Waals surface area contributed by atoms with Crippen molar-refractivity contribution in [2.75, 3.05) is 49.7 Å². The number of hydrogen-bond donors (Lipinski definition) is 0. The number of benzene rings is 2. The molecule has 2 fully saturated rings. The highest BCUT2D eigenvalue weighted by atomic mass is 35.5. The van der Waals surface area contributed by atoms with Crippen molar-refractivity contribution in [1.82, 2.24) is 9.80 Å². The van der Waals surface area contributed by atoms with E-state index in [0.717, 1.165) is 37.4 Å². The number of thioether (sulfide) groups is 1. The van der Waals surface area contributed by atoms with Crippen LogP contribution in [0.3, 0.4) is 0 Å². The molecular weight excluding hydrogens is 464 g/mol. The third-order valence-corrected chi connectivity index (χ3v) is 7.57. The Balaban J connectivity index is 1.50. The number of rotatable bonds is 3. The molecule has 9 heteroatoms. The van der Waals surface area contributed by atoms with Gasteiger partial charge < -0.3 is 4.90 Å². The van der Waals surface area contributed by atoms with Crippen molar-refractivity contribution in [2.45, 2.75) is 0 Å². The minimum atomic E-state index is -0.276. The Bertz CT molecular complexity index is 1140. The zero-order chi connectivity index (χ0) is 22.4. The van der Waals surface area contributed by atoms with Crippen molar-refractivity contribution < 1.29 is 9.59 Å². The number of hydrogen-bond acceptors (Lipinski definition) is 6. The Morgan fingerprint density at radius 2 is 1.66 bits per heavy atom. The molecule has 0 N–H and O–H groups in total. The molecule has 3 aliphatic heterocycles. The minimum Gasteiger partial charge on any atom is -0.304 e. The number of halogens is 1. The van der Waals surface area contributed by atoms with Crippen LogP contribution in [-0.2, 0) is 9.59 Å². The lowest BCUT2D eigenvalue weighted by Crippen LogP contribution is -2.49. The molecule has 0 radical (unpaired) electrons. The van der Waals surface area contributed by atoms with Crippen molar-refractivity contribution in [3.05, 3.63) is 64.0 Å². The topological polar surface area (TPSA) is 47.1 Å². The van der Waals surface area contributed by atoms with Crippen LogP contribution in [0.15, 0.2) is 53.4 Å². The van der Waals surface area contributed by atoms with E-state index in [4.69, 9.17) is 23.8 Å². The lowest BCUT2D eigenvalue weighted by Gasteiger charge is -2.34. The number of amides is 2. The van der Waals surface area contributed by atoms with E-state index < -0.39 is 0 Å². The van der Waals surface area contributed by atoms with Crippen molar-refractivity contribution in [3.63, 3.8) is 0 Å². The van der Waals surface area contributed by atoms with E-state index in [-0.39, 0.29) is 11.8 Å². The van der Waals surface area contributed by atoms with Crippen LogP contribution in [0.1, 0.15) is 5.56 Å². The zero-order valence-electron chi connectivity index (χ0n) is 17.5. The summed E-state index contributed by atoms with van der Waals surface area (Å²) in [5.74, 6) is -0.427. The van der Waals surface area contributed by atoms with Gasteiger partial charge in [0.15, 0.2) is 4.32 Å². The number of piperazine rings is 1. The fourth-order valence-corrected chi connectivity index (χ4v) is 5.66. The molecule has 32 heavy (non-hydrogen) atoms. The summed E-state index contributed by atoms with van der Waals surface area (Å²) in [5, 5.41) is 0.581. The predicted molar refractivity (Wildman–Crippen MR) is 134 cm³/mol. The van der Waals surface area contributed by atoms with Gasteiger partial charge in [-0.15, -0.1) is 0 Å². The Hall–Kier alpha value is -2.23. The molecule has 2 aromatic carbocycles. The molecule has 0 aromatic heterocycles. The van der Waals surface area contributed by atoms with Gasteiger partial charge in [0.25, 0.3) is 11.8 Å². The van der Waals surface area contributed by atoms with Crippen molar-refractivity contribution in [1.29, 1.82) is 0 Å². The van der Waals surface area contributed by atoms with E-state index in [0.29, 0.717) is 32.2 Å². The first-order valence-electron chi connectivity index (χ1n) is 10.3. The van der Waals surface area contributed by atoms with Crippen molar-refractivity contribution in [3.8, 4) is 0 Å². The average Bonchev–Trinajstić information content (AvgIpc) is 3.23. The molecule has 0 unspecified atom stereocenters. The van der Waals surface area contributed by atoms with Gasteiger partial charge in [0.2, 0.25) is 0 Å². The van der Waals surface area contributed by atoms with E-state index >= 15 is 0 Å². The molecule has 2 aromatic rings. The van der Waals surface area contributed by atoms with E-state index in [1.165, 1.54) is 16.7 Å². The molecule has 164 valence electrons. The molecular formula is C23H21ClN4O2S2. The van der Waals surface area contributed by atoms with Gasteiger partial charge in [-0.05, 0) is 37.4 Å². The van der Waals surface area contributed by atoms with Crippen LogP contribution in [-0.4, -0.2) is 65.8 Å². The SMILES string of the molecule is CN1CCN(CN2C(=O)C(=C3SC(=S)N(c4ccc(Cl)cc4)C3=O)c3ccccc32)CC1. The maximum Gasteiger partial charge on any atom is 0.271 e. The summed E-state index contributed by atoms with van der Waals surface area (Å²) >= 11 is 12.7. The molecule has 3 heterocycles. The zero-order valence-corrected chi connectivity index (χ0v) is 19.8. The van der Waals surface area contributed by atoms with Gasteiger partial charge >= 0.3 is 0 Å². The van der Waals surface area contributed by atoms with Gasteiger partial charge in [-0.3, -0.25) is 24.3 Å². The highest BCUT2D eigenvalue weighted by Crippen LogP contribution is 2.45. The van der Waals surface area contributed by atoms with Crippen molar-refractivity contribution in [2.24, 2.45) is 0 Å². The van der Waals surface area contributed by atoms with Crippen LogP contribution in [0.4, 0.5) is 11.4 Å². The van der Waals surface area contributed by atoms with Crippen molar-refractivity contribution >= 4 is 68.7 Å². The number of likely N-dealkylation sites (N-methyl/N-ethyl adjacent to an activating group) is 1. The molecule has 0 atom stereocenters. The maximum atomic E-state index is 13.6. The highest BCUT2D eigenvalue weighted by Gasteiger charge is 2.42. The van der Waals surface area contributed by atoms with Crippen LogP contribution in [0.2, 0.25) is 5.02 Å². The second kappa shape index (κ2) is 8.61. The lowest BCUT2D eigenvalue weighted by atomic mass is 10.1. The number of carbonyl (C=O) groups excluding carboxylic acids is 2. The Morgan fingerprint density at radius 1 is 0.969 bits per heavy atom. The predicted octanol–water partition coefficient (Wildman–Crippen LogP) is 3.67. The first kappa shape index (κ1) is 21.6. The van der Waals surface area contributed by atoms with Crippen LogP contribution in [0, 0.1) is 0 Å². The number of fused-ring (bicyclic) bond motifs is 1. The minimum absolute atomic E-state index is 0.151. The summed E-state index contributed by atoms with van der Waals surface area (Å²) in [7, 11) is 2.11. The third-order valence-electron chi connectivity index (χ3n) is 5.94. The Labute approximate surface area is 201 Å². The molecule has 0 aliphatic carbocycles. The second-order valence-corrected chi connectivity index (χ2v) is 10.1. The maximum absolute atomic E-state index is 13.6. The normalized spacial score (nSPS) is 22.2.